The summed E-state index contributed by atoms with van der Waals surface area (Å²) in [5.41, 5.74) is 9.62. The zero-order valence-electron chi connectivity index (χ0n) is 13.2. The highest BCUT2D eigenvalue weighted by molar-refractivity contribution is 7.99. The molecule has 2 heterocycles. The number of nitrogens with one attached hydrogen (secondary N) is 1. The maximum Gasteiger partial charge on any atom is 0.272 e. The molecule has 0 spiro atoms. The first-order valence-corrected chi connectivity index (χ1v) is 9.09. The SMILES string of the molecule is Nc1cc(-c2n[nH]c(=O)c3ccccc23)ccc1N1CCSCC1. The van der Waals surface area contributed by atoms with Crippen LogP contribution in [0.5, 0.6) is 0 Å². The van der Waals surface area contributed by atoms with Crippen molar-refractivity contribution in [3.63, 3.8) is 0 Å². The number of benzene rings is 2. The van der Waals surface area contributed by atoms with Crippen LogP contribution in [0.3, 0.4) is 0 Å². The van der Waals surface area contributed by atoms with Crippen LogP contribution < -0.4 is 16.2 Å². The van der Waals surface area contributed by atoms with Crippen LogP contribution in [0.1, 0.15) is 0 Å². The Morgan fingerprint density at radius 1 is 1.08 bits per heavy atom. The van der Waals surface area contributed by atoms with Crippen LogP contribution in [-0.2, 0) is 0 Å². The van der Waals surface area contributed by atoms with E-state index in [2.05, 4.69) is 21.2 Å². The Bertz CT molecular complexity index is 947. The third kappa shape index (κ3) is 2.63. The maximum absolute atomic E-state index is 11.9. The number of hydrogen-bond donors (Lipinski definition) is 2. The van der Waals surface area contributed by atoms with Crippen LogP contribution in [-0.4, -0.2) is 34.8 Å². The molecule has 6 heteroatoms. The van der Waals surface area contributed by atoms with Gasteiger partial charge < -0.3 is 10.6 Å². The van der Waals surface area contributed by atoms with Gasteiger partial charge in [0.15, 0.2) is 0 Å². The Hall–Kier alpha value is -2.47. The molecule has 1 aliphatic heterocycles. The van der Waals surface area contributed by atoms with E-state index in [1.807, 2.05) is 48.2 Å². The minimum Gasteiger partial charge on any atom is -0.397 e. The fourth-order valence-corrected chi connectivity index (χ4v) is 4.03. The predicted molar refractivity (Wildman–Crippen MR) is 102 cm³/mol. The molecule has 0 atom stereocenters. The number of fused-ring (bicyclic) bond motifs is 1. The first kappa shape index (κ1) is 15.1. The Balaban J connectivity index is 1.79. The Labute approximate surface area is 143 Å². The molecule has 0 aliphatic carbocycles. The maximum atomic E-state index is 11.9. The van der Waals surface area contributed by atoms with E-state index < -0.39 is 0 Å². The summed E-state index contributed by atoms with van der Waals surface area (Å²) in [6, 6.07) is 13.5. The van der Waals surface area contributed by atoms with Crippen molar-refractivity contribution in [3.8, 4) is 11.3 Å². The quantitative estimate of drug-likeness (QED) is 0.703. The summed E-state index contributed by atoms with van der Waals surface area (Å²) in [6.07, 6.45) is 0. The van der Waals surface area contributed by atoms with Gasteiger partial charge in [0.25, 0.3) is 5.56 Å². The number of H-pyrrole nitrogens is 1. The number of hydrogen-bond acceptors (Lipinski definition) is 5. The van der Waals surface area contributed by atoms with Gasteiger partial charge in [0.2, 0.25) is 0 Å². The van der Waals surface area contributed by atoms with Gasteiger partial charge in [0.05, 0.1) is 22.5 Å². The smallest absolute Gasteiger partial charge is 0.272 e. The molecule has 5 nitrogen and oxygen atoms in total. The van der Waals surface area contributed by atoms with E-state index in [0.29, 0.717) is 5.39 Å². The van der Waals surface area contributed by atoms with Gasteiger partial charge in [0, 0.05) is 35.5 Å². The van der Waals surface area contributed by atoms with Gasteiger partial charge in [-0.2, -0.15) is 16.9 Å². The van der Waals surface area contributed by atoms with E-state index in [1.165, 1.54) is 0 Å². The predicted octanol–water partition coefficient (Wildman–Crippen LogP) is 2.73. The van der Waals surface area contributed by atoms with Gasteiger partial charge in [-0.25, -0.2) is 5.10 Å². The minimum absolute atomic E-state index is 0.176. The van der Waals surface area contributed by atoms with Crippen molar-refractivity contribution >= 4 is 33.9 Å². The number of nitrogens with zero attached hydrogens (tertiary/aromatic N) is 2. The average Bonchev–Trinajstić information content (AvgIpc) is 2.63. The van der Waals surface area contributed by atoms with Crippen molar-refractivity contribution in [2.45, 2.75) is 0 Å². The van der Waals surface area contributed by atoms with Crippen LogP contribution in [0.25, 0.3) is 22.0 Å². The first-order chi connectivity index (χ1) is 11.7. The number of aromatic nitrogens is 2. The molecular formula is C18H18N4OS. The second-order valence-corrected chi connectivity index (χ2v) is 7.04. The summed E-state index contributed by atoms with van der Waals surface area (Å²) in [4.78, 5) is 14.3. The Morgan fingerprint density at radius 3 is 2.58 bits per heavy atom. The highest BCUT2D eigenvalue weighted by atomic mass is 32.2. The molecule has 0 unspecified atom stereocenters. The molecule has 1 fully saturated rings. The highest BCUT2D eigenvalue weighted by Gasteiger charge is 2.15. The van der Waals surface area contributed by atoms with Gasteiger partial charge in [0.1, 0.15) is 0 Å². The molecule has 1 aromatic heterocycles. The summed E-state index contributed by atoms with van der Waals surface area (Å²) in [5.74, 6) is 2.26. The fourth-order valence-electron chi connectivity index (χ4n) is 3.13. The summed E-state index contributed by atoms with van der Waals surface area (Å²) < 4.78 is 0. The second kappa shape index (κ2) is 6.20. The molecular weight excluding hydrogens is 320 g/mol. The van der Waals surface area contributed by atoms with E-state index in [0.717, 1.165) is 52.6 Å². The van der Waals surface area contributed by atoms with Gasteiger partial charge in [-0.15, -0.1) is 0 Å². The van der Waals surface area contributed by atoms with E-state index in [9.17, 15) is 4.79 Å². The zero-order valence-corrected chi connectivity index (χ0v) is 14.0. The second-order valence-electron chi connectivity index (χ2n) is 5.82. The lowest BCUT2D eigenvalue weighted by Crippen LogP contribution is -2.32. The molecule has 0 amide bonds. The third-order valence-electron chi connectivity index (χ3n) is 4.35. The topological polar surface area (TPSA) is 75.0 Å². The molecule has 1 aliphatic rings. The lowest BCUT2D eigenvalue weighted by molar-refractivity contribution is 0.860. The van der Waals surface area contributed by atoms with Crippen LogP contribution in [0.15, 0.2) is 47.3 Å². The number of thioether (sulfide) groups is 1. The molecule has 0 bridgehead atoms. The number of anilines is 2. The normalized spacial score (nSPS) is 14.9. The summed E-state index contributed by atoms with van der Waals surface area (Å²) in [5, 5.41) is 8.30. The highest BCUT2D eigenvalue weighted by Crippen LogP contribution is 2.32. The molecule has 0 saturated carbocycles. The van der Waals surface area contributed by atoms with Crippen molar-refractivity contribution in [1.29, 1.82) is 0 Å². The lowest BCUT2D eigenvalue weighted by Gasteiger charge is -2.29. The van der Waals surface area contributed by atoms with E-state index in [4.69, 9.17) is 5.73 Å². The largest absolute Gasteiger partial charge is 0.397 e. The van der Waals surface area contributed by atoms with Gasteiger partial charge in [-0.1, -0.05) is 24.3 Å². The lowest BCUT2D eigenvalue weighted by atomic mass is 10.0. The van der Waals surface area contributed by atoms with Crippen LogP contribution in [0.2, 0.25) is 0 Å². The number of aromatic amines is 1. The van der Waals surface area contributed by atoms with Gasteiger partial charge in [-0.3, -0.25) is 4.79 Å². The summed E-state index contributed by atoms with van der Waals surface area (Å²) in [6.45, 7) is 2.04. The van der Waals surface area contributed by atoms with Crippen LogP contribution in [0.4, 0.5) is 11.4 Å². The molecule has 2 aromatic carbocycles. The van der Waals surface area contributed by atoms with Crippen molar-refractivity contribution in [2.24, 2.45) is 0 Å². The Kier molecular flexibility index (Phi) is 3.90. The van der Waals surface area contributed by atoms with Crippen LogP contribution >= 0.6 is 11.8 Å². The summed E-state index contributed by atoms with van der Waals surface area (Å²) in [7, 11) is 0. The van der Waals surface area contributed by atoms with E-state index in [-0.39, 0.29) is 5.56 Å². The minimum atomic E-state index is -0.176. The monoisotopic (exact) mass is 338 g/mol. The standard InChI is InChI=1S/C18H18N4OS/c19-15-11-12(5-6-16(15)22-7-9-24-10-8-22)17-13-3-1-2-4-14(13)18(23)21-20-17/h1-6,11H,7-10,19H2,(H,21,23). The van der Waals surface area contributed by atoms with Crippen molar-refractivity contribution in [1.82, 2.24) is 10.2 Å². The molecule has 3 N–H and O–H groups in total. The molecule has 4 rings (SSSR count). The van der Waals surface area contributed by atoms with Gasteiger partial charge in [-0.05, 0) is 18.2 Å². The number of rotatable bonds is 2. The number of nitrogen functional groups attached to an aromatic ring is 1. The van der Waals surface area contributed by atoms with Crippen molar-refractivity contribution < 1.29 is 0 Å². The zero-order chi connectivity index (χ0) is 16.5. The number of nitrogens with two attached hydrogens (primary N) is 1. The molecule has 3 aromatic rings. The summed E-state index contributed by atoms with van der Waals surface area (Å²) >= 11 is 1.98. The van der Waals surface area contributed by atoms with Gasteiger partial charge >= 0.3 is 0 Å². The van der Waals surface area contributed by atoms with Crippen LogP contribution in [0, 0.1) is 0 Å². The average molecular weight is 338 g/mol. The molecule has 1 saturated heterocycles. The van der Waals surface area contributed by atoms with Crippen molar-refractivity contribution in [3.05, 3.63) is 52.8 Å². The fraction of sp³-hybridized carbons (Fsp3) is 0.222. The third-order valence-corrected chi connectivity index (χ3v) is 5.29. The van der Waals surface area contributed by atoms with E-state index >= 15 is 0 Å². The van der Waals surface area contributed by atoms with E-state index in [1.54, 1.807) is 0 Å². The molecule has 24 heavy (non-hydrogen) atoms. The first-order valence-electron chi connectivity index (χ1n) is 7.94. The molecule has 0 radical (unpaired) electrons. The van der Waals surface area contributed by atoms with Crippen molar-refractivity contribution in [2.75, 3.05) is 35.2 Å². The Morgan fingerprint density at radius 2 is 1.83 bits per heavy atom. The molecule has 122 valence electrons.